The maximum absolute atomic E-state index is 12.3. The fourth-order valence-electron chi connectivity index (χ4n) is 4.08. The van der Waals surface area contributed by atoms with Crippen LogP contribution in [0.3, 0.4) is 0 Å². The first-order valence-electron chi connectivity index (χ1n) is 11.2. The molecule has 2 aromatic carbocycles. The van der Waals surface area contributed by atoms with Crippen LogP contribution in [0.5, 0.6) is 0 Å². The van der Waals surface area contributed by atoms with Crippen molar-refractivity contribution in [2.75, 3.05) is 19.8 Å². The first kappa shape index (κ1) is 22.8. The van der Waals surface area contributed by atoms with E-state index in [0.29, 0.717) is 31.1 Å². The number of nitrogens with zero attached hydrogens (tertiary/aromatic N) is 2. The summed E-state index contributed by atoms with van der Waals surface area (Å²) >= 11 is 0. The Hall–Kier alpha value is -3.41. The predicted molar refractivity (Wildman–Crippen MR) is 125 cm³/mol. The Kier molecular flexibility index (Phi) is 7.23. The molecule has 2 atom stereocenters. The van der Waals surface area contributed by atoms with Gasteiger partial charge in [0, 0.05) is 32.5 Å². The molecule has 1 aliphatic heterocycles. The summed E-state index contributed by atoms with van der Waals surface area (Å²) in [6.07, 6.45) is 2.47. The summed E-state index contributed by atoms with van der Waals surface area (Å²) in [5.41, 5.74) is 4.21. The molecule has 8 heteroatoms. The number of fused-ring (bicyclic) bond motifs is 1. The minimum Gasteiger partial charge on any atom is -0.408 e. The number of oxazole rings is 1. The van der Waals surface area contributed by atoms with E-state index in [2.05, 4.69) is 16.7 Å². The van der Waals surface area contributed by atoms with Gasteiger partial charge in [0.2, 0.25) is 5.91 Å². The monoisotopic (exact) mass is 448 g/mol. The second-order valence-electron chi connectivity index (χ2n) is 8.38. The van der Waals surface area contributed by atoms with Crippen LogP contribution in [0.15, 0.2) is 51.7 Å². The van der Waals surface area contributed by atoms with E-state index in [1.165, 1.54) is 4.57 Å². The molecular formula is C25H28N4O4. The number of nitrogens with one attached hydrogen (secondary N) is 2. The fourth-order valence-corrected chi connectivity index (χ4v) is 4.08. The van der Waals surface area contributed by atoms with Gasteiger partial charge in [-0.25, -0.2) is 4.79 Å². The molecule has 1 saturated heterocycles. The van der Waals surface area contributed by atoms with Crippen LogP contribution in [-0.4, -0.2) is 42.3 Å². The summed E-state index contributed by atoms with van der Waals surface area (Å²) in [6, 6.07) is 15.4. The highest BCUT2D eigenvalue weighted by Crippen LogP contribution is 2.24. The molecule has 1 aliphatic rings. The molecular weight excluding hydrogens is 420 g/mol. The van der Waals surface area contributed by atoms with Gasteiger partial charge < -0.3 is 19.8 Å². The van der Waals surface area contributed by atoms with Crippen molar-refractivity contribution in [1.29, 1.82) is 5.26 Å². The number of aromatic nitrogens is 1. The zero-order valence-electron chi connectivity index (χ0n) is 18.7. The van der Waals surface area contributed by atoms with Crippen LogP contribution in [-0.2, 0) is 23.0 Å². The molecule has 3 aromatic rings. The van der Waals surface area contributed by atoms with Crippen molar-refractivity contribution < 1.29 is 13.9 Å². The van der Waals surface area contributed by atoms with Crippen LogP contribution in [0.25, 0.3) is 22.2 Å². The van der Waals surface area contributed by atoms with Crippen LogP contribution in [0.4, 0.5) is 0 Å². The van der Waals surface area contributed by atoms with Gasteiger partial charge in [0.15, 0.2) is 5.58 Å². The maximum Gasteiger partial charge on any atom is 0.419 e. The number of benzene rings is 2. The van der Waals surface area contributed by atoms with Gasteiger partial charge in [-0.05, 0) is 41.7 Å². The molecule has 0 bridgehead atoms. The van der Waals surface area contributed by atoms with Gasteiger partial charge in [-0.2, -0.15) is 5.26 Å². The third kappa shape index (κ3) is 5.69. The summed E-state index contributed by atoms with van der Waals surface area (Å²) in [4.78, 5) is 24.0. The summed E-state index contributed by atoms with van der Waals surface area (Å²) in [6.45, 7) is 2.28. The fraction of sp³-hybridized carbons (Fsp3) is 0.400. The average molecular weight is 449 g/mol. The predicted octanol–water partition coefficient (Wildman–Crippen LogP) is 2.51. The molecule has 172 valence electrons. The highest BCUT2D eigenvalue weighted by atomic mass is 16.5. The number of amides is 1. The van der Waals surface area contributed by atoms with E-state index in [1.807, 2.05) is 36.4 Å². The van der Waals surface area contributed by atoms with Crippen molar-refractivity contribution in [3.05, 3.63) is 58.6 Å². The molecule has 0 radical (unpaired) electrons. The van der Waals surface area contributed by atoms with E-state index in [4.69, 9.17) is 9.15 Å². The smallest absolute Gasteiger partial charge is 0.408 e. The van der Waals surface area contributed by atoms with Crippen LogP contribution in [0, 0.1) is 11.3 Å². The highest BCUT2D eigenvalue weighted by Gasteiger charge is 2.16. The summed E-state index contributed by atoms with van der Waals surface area (Å²) < 4.78 is 12.1. The maximum atomic E-state index is 12.3. The van der Waals surface area contributed by atoms with E-state index in [0.717, 1.165) is 48.2 Å². The Labute approximate surface area is 192 Å². The van der Waals surface area contributed by atoms with Crippen molar-refractivity contribution in [3.8, 4) is 17.2 Å². The van der Waals surface area contributed by atoms with E-state index in [9.17, 15) is 14.9 Å². The number of morpholine rings is 1. The number of carbonyl (C=O) groups excluding carboxylic acids is 1. The molecule has 1 unspecified atom stereocenters. The molecule has 2 heterocycles. The molecule has 0 aliphatic carbocycles. The quantitative estimate of drug-likeness (QED) is 0.548. The van der Waals surface area contributed by atoms with Crippen molar-refractivity contribution >= 4 is 17.0 Å². The Morgan fingerprint density at radius 3 is 2.79 bits per heavy atom. The number of hydrogen-bond donors (Lipinski definition) is 2. The van der Waals surface area contributed by atoms with E-state index >= 15 is 0 Å². The van der Waals surface area contributed by atoms with Crippen LogP contribution >= 0.6 is 0 Å². The Morgan fingerprint density at radius 2 is 2.06 bits per heavy atom. The minimum atomic E-state index is -0.573. The van der Waals surface area contributed by atoms with Crippen LogP contribution < -0.4 is 16.4 Å². The Balaban J connectivity index is 1.31. The largest absolute Gasteiger partial charge is 0.419 e. The second-order valence-corrected chi connectivity index (χ2v) is 8.38. The van der Waals surface area contributed by atoms with Crippen molar-refractivity contribution in [2.24, 2.45) is 7.05 Å². The number of hydrogen-bond acceptors (Lipinski definition) is 6. The van der Waals surface area contributed by atoms with Crippen molar-refractivity contribution in [2.45, 2.75) is 37.8 Å². The number of ether oxygens (including phenoxy) is 1. The Bertz CT molecular complexity index is 1200. The van der Waals surface area contributed by atoms with Gasteiger partial charge in [-0.3, -0.25) is 9.36 Å². The lowest BCUT2D eigenvalue weighted by Crippen LogP contribution is -2.41. The highest BCUT2D eigenvalue weighted by molar-refractivity contribution is 5.80. The topological polar surface area (TPSA) is 109 Å². The van der Waals surface area contributed by atoms with Crippen LogP contribution in [0.1, 0.15) is 24.8 Å². The van der Waals surface area contributed by atoms with Crippen LogP contribution in [0.2, 0.25) is 0 Å². The zero-order chi connectivity index (χ0) is 23.2. The summed E-state index contributed by atoms with van der Waals surface area (Å²) in [5.74, 6) is -0.490. The number of aryl methyl sites for hydroxylation is 1. The third-order valence-electron chi connectivity index (χ3n) is 5.96. The molecule has 0 spiro atoms. The molecule has 33 heavy (non-hydrogen) atoms. The first-order valence-corrected chi connectivity index (χ1v) is 11.2. The van der Waals surface area contributed by atoms with Crippen molar-refractivity contribution in [3.63, 3.8) is 0 Å². The lowest BCUT2D eigenvalue weighted by Gasteiger charge is -2.23. The minimum absolute atomic E-state index is 0.103. The molecule has 1 amide bonds. The normalized spacial score (nSPS) is 16.9. The van der Waals surface area contributed by atoms with Gasteiger partial charge in [0.25, 0.3) is 0 Å². The summed E-state index contributed by atoms with van der Waals surface area (Å²) in [7, 11) is 1.68. The molecule has 1 aromatic heterocycles. The SMILES string of the molecule is Cn1c(=O)oc2ccc(-c3ccc(C[C@@H](C#N)NC(=O)CCCC4COCCN4)cc3)cc21. The lowest BCUT2D eigenvalue weighted by molar-refractivity contribution is -0.121. The van der Waals surface area contributed by atoms with Gasteiger partial charge in [-0.15, -0.1) is 0 Å². The average Bonchev–Trinajstić information content (AvgIpc) is 3.12. The van der Waals surface area contributed by atoms with E-state index in [1.54, 1.807) is 13.1 Å². The number of carbonyl (C=O) groups is 1. The van der Waals surface area contributed by atoms with Gasteiger partial charge in [0.05, 0.1) is 24.8 Å². The lowest BCUT2D eigenvalue weighted by atomic mass is 10.0. The number of rotatable bonds is 8. The molecule has 1 fully saturated rings. The third-order valence-corrected chi connectivity index (χ3v) is 5.96. The van der Waals surface area contributed by atoms with E-state index in [-0.39, 0.29) is 11.7 Å². The molecule has 2 N–H and O–H groups in total. The van der Waals surface area contributed by atoms with Crippen molar-refractivity contribution in [1.82, 2.24) is 15.2 Å². The van der Waals surface area contributed by atoms with Gasteiger partial charge >= 0.3 is 5.76 Å². The zero-order valence-corrected chi connectivity index (χ0v) is 18.7. The van der Waals surface area contributed by atoms with Gasteiger partial charge in [0.1, 0.15) is 6.04 Å². The standard InChI is InChI=1S/C25H28N4O4/c1-29-22-14-19(9-10-23(22)33-25(29)31)18-7-5-17(6-8-18)13-21(15-26)28-24(30)4-2-3-20-16-32-12-11-27-20/h5-10,14,20-21,27H,2-4,11-13,16H2,1H3,(H,28,30)/t20?,21-/m0/s1. The number of nitriles is 1. The Morgan fingerprint density at radius 1 is 1.27 bits per heavy atom. The molecule has 8 nitrogen and oxygen atoms in total. The summed E-state index contributed by atoms with van der Waals surface area (Å²) in [5, 5.41) is 15.7. The van der Waals surface area contributed by atoms with E-state index < -0.39 is 6.04 Å². The molecule has 4 rings (SSSR count). The second kappa shape index (κ2) is 10.5. The van der Waals surface area contributed by atoms with Gasteiger partial charge in [-0.1, -0.05) is 30.3 Å². The molecule has 0 saturated carbocycles. The first-order chi connectivity index (χ1) is 16.0.